The fourth-order valence-electron chi connectivity index (χ4n) is 5.51. The zero-order valence-electron chi connectivity index (χ0n) is 22.6. The first-order valence-electron chi connectivity index (χ1n) is 13.2. The third-order valence-electron chi connectivity index (χ3n) is 7.36. The van der Waals surface area contributed by atoms with E-state index in [1.165, 1.54) is 31.3 Å². The molecule has 4 heterocycles. The van der Waals surface area contributed by atoms with E-state index in [1.54, 1.807) is 4.90 Å². The number of nitrogens with one attached hydrogen (secondary N) is 1. The molecule has 214 valence electrons. The molecule has 1 unspecified atom stereocenters. The van der Waals surface area contributed by atoms with Gasteiger partial charge in [-0.3, -0.25) is 4.79 Å². The molecule has 14 heteroatoms. The number of nitrogens with zero attached hydrogens (tertiary/aromatic N) is 8. The SMILES string of the molecule is CCOC1(CC#N)CN(c2nc(N3CCNC(CC#N)C3)c3cnn(-c4cccc(C)c4C(F)(F)F)c(=O)c3n2)C1. The first kappa shape index (κ1) is 28.3. The van der Waals surface area contributed by atoms with Gasteiger partial charge in [0.1, 0.15) is 16.9 Å². The van der Waals surface area contributed by atoms with Gasteiger partial charge in [-0.15, -0.1) is 0 Å². The lowest BCUT2D eigenvalue weighted by atomic mass is 9.91. The standard InChI is InChI=1S/C27H28F3N9O2/c1-3-41-26(8-10-32)15-38(16-26)25-35-22-19(23(36-25)37-12-11-33-18(14-37)7-9-31)13-34-39(24(22)40)20-6-4-5-17(2)21(20)27(28,29)30/h4-6,13,18,33H,3,7-8,11-12,14-16H2,1-2H3. The van der Waals surface area contributed by atoms with Crippen LogP contribution in [0.4, 0.5) is 24.9 Å². The molecule has 1 atom stereocenters. The van der Waals surface area contributed by atoms with Crippen molar-refractivity contribution in [2.75, 3.05) is 49.1 Å². The van der Waals surface area contributed by atoms with Crippen LogP contribution >= 0.6 is 0 Å². The summed E-state index contributed by atoms with van der Waals surface area (Å²) in [6.45, 7) is 5.71. The molecule has 2 aliphatic heterocycles. The molecule has 3 aromatic rings. The van der Waals surface area contributed by atoms with Gasteiger partial charge in [0.25, 0.3) is 5.56 Å². The minimum Gasteiger partial charge on any atom is -0.370 e. The van der Waals surface area contributed by atoms with E-state index in [9.17, 15) is 28.5 Å². The highest BCUT2D eigenvalue weighted by atomic mass is 19.4. The van der Waals surface area contributed by atoms with E-state index in [0.29, 0.717) is 50.5 Å². The van der Waals surface area contributed by atoms with Crippen molar-refractivity contribution in [1.29, 1.82) is 10.5 Å². The molecule has 11 nitrogen and oxygen atoms in total. The van der Waals surface area contributed by atoms with Crippen LogP contribution in [0.1, 0.15) is 30.9 Å². The van der Waals surface area contributed by atoms with E-state index >= 15 is 0 Å². The highest BCUT2D eigenvalue weighted by Gasteiger charge is 2.45. The van der Waals surface area contributed by atoms with Crippen molar-refractivity contribution in [2.24, 2.45) is 0 Å². The number of fused-ring (bicyclic) bond motifs is 1. The lowest BCUT2D eigenvalue weighted by molar-refractivity contribution is -0.138. The van der Waals surface area contributed by atoms with Crippen LogP contribution in [-0.4, -0.2) is 70.7 Å². The summed E-state index contributed by atoms with van der Waals surface area (Å²) in [5, 5.41) is 26.2. The summed E-state index contributed by atoms with van der Waals surface area (Å²) in [7, 11) is 0. The van der Waals surface area contributed by atoms with Crippen molar-refractivity contribution in [3.05, 3.63) is 45.9 Å². The van der Waals surface area contributed by atoms with Crippen LogP contribution in [0.25, 0.3) is 16.6 Å². The van der Waals surface area contributed by atoms with Crippen LogP contribution in [0.5, 0.6) is 0 Å². The van der Waals surface area contributed by atoms with Crippen molar-refractivity contribution in [3.63, 3.8) is 0 Å². The largest absolute Gasteiger partial charge is 0.418 e. The Morgan fingerprint density at radius 3 is 2.66 bits per heavy atom. The molecule has 1 N–H and O–H groups in total. The van der Waals surface area contributed by atoms with Gasteiger partial charge in [-0.05, 0) is 25.5 Å². The zero-order chi connectivity index (χ0) is 29.4. The fourth-order valence-corrected chi connectivity index (χ4v) is 5.51. The Hall–Kier alpha value is -4.27. The number of aromatic nitrogens is 4. The lowest BCUT2D eigenvalue weighted by Gasteiger charge is -2.48. The Morgan fingerprint density at radius 1 is 1.20 bits per heavy atom. The monoisotopic (exact) mass is 567 g/mol. The Morgan fingerprint density at radius 2 is 1.98 bits per heavy atom. The first-order chi connectivity index (χ1) is 19.6. The molecule has 2 fully saturated rings. The minimum absolute atomic E-state index is 0.0393. The van der Waals surface area contributed by atoms with Crippen LogP contribution < -0.4 is 20.7 Å². The average molecular weight is 568 g/mol. The predicted octanol–water partition coefficient (Wildman–Crippen LogP) is 2.70. The molecule has 0 amide bonds. The average Bonchev–Trinajstić information content (AvgIpc) is 2.91. The minimum atomic E-state index is -4.71. The second kappa shape index (κ2) is 11.0. The summed E-state index contributed by atoms with van der Waals surface area (Å²) < 4.78 is 48.6. The summed E-state index contributed by atoms with van der Waals surface area (Å²) in [5.74, 6) is 0.604. The maximum absolute atomic E-state index is 14.0. The molecule has 0 spiro atoms. The van der Waals surface area contributed by atoms with Gasteiger partial charge in [-0.25, -0.2) is 4.98 Å². The lowest BCUT2D eigenvalue weighted by Crippen LogP contribution is -2.63. The number of alkyl halides is 3. The molecule has 2 aliphatic rings. The summed E-state index contributed by atoms with van der Waals surface area (Å²) in [6, 6.07) is 8.14. The highest BCUT2D eigenvalue weighted by Crippen LogP contribution is 2.37. The zero-order valence-corrected chi connectivity index (χ0v) is 22.6. The second-order valence-corrected chi connectivity index (χ2v) is 10.2. The van der Waals surface area contributed by atoms with E-state index in [0.717, 1.165) is 4.68 Å². The van der Waals surface area contributed by atoms with Crippen molar-refractivity contribution in [3.8, 4) is 17.8 Å². The predicted molar refractivity (Wildman–Crippen MR) is 144 cm³/mol. The third-order valence-corrected chi connectivity index (χ3v) is 7.36. The number of hydrogen-bond donors (Lipinski definition) is 1. The smallest absolute Gasteiger partial charge is 0.370 e. The number of halogens is 3. The number of anilines is 2. The fraction of sp³-hybridized carbons (Fsp3) is 0.481. The van der Waals surface area contributed by atoms with E-state index < -0.39 is 28.6 Å². The van der Waals surface area contributed by atoms with Crippen LogP contribution in [-0.2, 0) is 10.9 Å². The molecule has 0 bridgehead atoms. The number of aryl methyl sites for hydroxylation is 1. The van der Waals surface area contributed by atoms with E-state index in [-0.39, 0.29) is 35.9 Å². The normalized spacial score (nSPS) is 18.6. The number of hydrogen-bond acceptors (Lipinski definition) is 10. The Labute approximate surface area is 233 Å². The number of piperazine rings is 1. The van der Waals surface area contributed by atoms with Crippen LogP contribution in [0.3, 0.4) is 0 Å². The van der Waals surface area contributed by atoms with Gasteiger partial charge in [-0.1, -0.05) is 12.1 Å². The quantitative estimate of drug-likeness (QED) is 0.454. The second-order valence-electron chi connectivity index (χ2n) is 10.2. The Bertz CT molecular complexity index is 1600. The van der Waals surface area contributed by atoms with Gasteiger partial charge in [0, 0.05) is 32.3 Å². The summed E-state index contributed by atoms with van der Waals surface area (Å²) in [5.41, 5.74) is -2.99. The molecule has 41 heavy (non-hydrogen) atoms. The third kappa shape index (κ3) is 5.28. The molecule has 0 aliphatic carbocycles. The van der Waals surface area contributed by atoms with Crippen molar-refractivity contribution < 1.29 is 17.9 Å². The molecule has 0 radical (unpaired) electrons. The van der Waals surface area contributed by atoms with Crippen LogP contribution in [0.15, 0.2) is 29.2 Å². The molecule has 2 aromatic heterocycles. The van der Waals surface area contributed by atoms with Gasteiger partial charge in [0.2, 0.25) is 5.95 Å². The van der Waals surface area contributed by atoms with Gasteiger partial charge in [0.05, 0.1) is 60.9 Å². The highest BCUT2D eigenvalue weighted by molar-refractivity contribution is 5.89. The molecule has 0 saturated carbocycles. The van der Waals surface area contributed by atoms with Crippen molar-refractivity contribution in [1.82, 2.24) is 25.1 Å². The molecule has 1 aromatic carbocycles. The first-order valence-corrected chi connectivity index (χ1v) is 13.2. The van der Waals surface area contributed by atoms with Crippen molar-refractivity contribution >= 4 is 22.7 Å². The maximum Gasteiger partial charge on any atom is 0.418 e. The number of nitriles is 2. The van der Waals surface area contributed by atoms with E-state index in [2.05, 4.69) is 27.5 Å². The summed E-state index contributed by atoms with van der Waals surface area (Å²) in [4.78, 5) is 26.8. The number of benzene rings is 1. The topological polar surface area (TPSA) is 136 Å². The van der Waals surface area contributed by atoms with Gasteiger partial charge >= 0.3 is 6.18 Å². The van der Waals surface area contributed by atoms with Gasteiger partial charge < -0.3 is 19.9 Å². The summed E-state index contributed by atoms with van der Waals surface area (Å²) >= 11 is 0. The molecule has 5 rings (SSSR count). The number of ether oxygens (including phenoxy) is 1. The van der Waals surface area contributed by atoms with E-state index in [4.69, 9.17) is 9.72 Å². The van der Waals surface area contributed by atoms with Crippen LogP contribution in [0, 0.1) is 29.6 Å². The molecular weight excluding hydrogens is 539 g/mol. The van der Waals surface area contributed by atoms with Crippen LogP contribution in [0.2, 0.25) is 0 Å². The molecular formula is C27H28F3N9O2. The van der Waals surface area contributed by atoms with Crippen molar-refractivity contribution in [2.45, 2.75) is 44.5 Å². The van der Waals surface area contributed by atoms with E-state index in [1.807, 2.05) is 11.8 Å². The summed E-state index contributed by atoms with van der Waals surface area (Å²) in [6.07, 6.45) is -2.97. The van der Waals surface area contributed by atoms with Gasteiger partial charge in [-0.2, -0.15) is 38.5 Å². The molecule has 2 saturated heterocycles. The Balaban J connectivity index is 1.66. The maximum atomic E-state index is 14.0. The Kier molecular flexibility index (Phi) is 7.55. The number of rotatable bonds is 7. The van der Waals surface area contributed by atoms with Gasteiger partial charge in [0.15, 0.2) is 0 Å².